The molecule has 1 aromatic heterocycles. The molecule has 2 rings (SSSR count). The number of carbonyl (C=O) groups is 2. The Kier molecular flexibility index (Phi) is 6.64. The van der Waals surface area contributed by atoms with Crippen LogP contribution in [0.5, 0.6) is 0 Å². The second-order valence-electron chi connectivity index (χ2n) is 5.05. The zero-order valence-electron chi connectivity index (χ0n) is 12.7. The lowest BCUT2D eigenvalue weighted by Crippen LogP contribution is -2.38. The number of likely N-dealkylation sites (tertiary alicyclic amines) is 1. The smallest absolute Gasteiger partial charge is 0.323 e. The average molecular weight is 297 g/mol. The Morgan fingerprint density at radius 1 is 1.15 bits per heavy atom. The Morgan fingerprint density at radius 3 is 2.15 bits per heavy atom. The number of nitrogens with one attached hydrogen (secondary N) is 1. The zero-order chi connectivity index (χ0) is 15.1. The molecule has 20 heavy (non-hydrogen) atoms. The topological polar surface area (TPSA) is 62.3 Å². The second-order valence-corrected chi connectivity index (χ2v) is 6.25. The van der Waals surface area contributed by atoms with Gasteiger partial charge in [-0.15, -0.1) is 11.3 Å². The summed E-state index contributed by atoms with van der Waals surface area (Å²) in [5.74, 6) is 0.167. The third-order valence-electron chi connectivity index (χ3n) is 2.89. The van der Waals surface area contributed by atoms with Crippen LogP contribution < -0.4 is 5.32 Å². The number of thiazole rings is 1. The van der Waals surface area contributed by atoms with E-state index in [-0.39, 0.29) is 11.8 Å². The summed E-state index contributed by atoms with van der Waals surface area (Å²) < 4.78 is 0. The minimum absolute atomic E-state index is 0.00606. The summed E-state index contributed by atoms with van der Waals surface area (Å²) in [6.45, 7) is 8.77. The maximum Gasteiger partial charge on any atom is 0.323 e. The molecule has 0 aromatic carbocycles. The number of Topliss-reactive ketones (excluding diaryl/α,β-unsaturated/α-hetero) is 1. The van der Waals surface area contributed by atoms with Crippen LogP contribution in [0.3, 0.4) is 0 Å². The van der Waals surface area contributed by atoms with Gasteiger partial charge in [0.05, 0.1) is 5.69 Å². The number of piperidine rings is 1. The van der Waals surface area contributed by atoms with Gasteiger partial charge in [-0.05, 0) is 47.0 Å². The van der Waals surface area contributed by atoms with E-state index in [9.17, 15) is 9.59 Å². The van der Waals surface area contributed by atoms with Crippen LogP contribution in [0, 0.1) is 13.8 Å². The van der Waals surface area contributed by atoms with Crippen LogP contribution in [0.15, 0.2) is 0 Å². The van der Waals surface area contributed by atoms with Gasteiger partial charge < -0.3 is 9.69 Å². The number of ketones is 1. The molecule has 112 valence electrons. The SMILES string of the molecule is CC(C)=O.Cc1nc(NC(=O)N2CCCCC2)sc1C. The van der Waals surface area contributed by atoms with E-state index in [1.807, 2.05) is 18.7 Å². The Morgan fingerprint density at radius 2 is 1.70 bits per heavy atom. The predicted octanol–water partition coefficient (Wildman–Crippen LogP) is 3.37. The van der Waals surface area contributed by atoms with E-state index in [1.165, 1.54) is 31.6 Å². The maximum atomic E-state index is 11.9. The number of rotatable bonds is 1. The van der Waals surface area contributed by atoms with Gasteiger partial charge in [0, 0.05) is 18.0 Å². The first-order valence-electron chi connectivity index (χ1n) is 6.87. The van der Waals surface area contributed by atoms with Gasteiger partial charge in [0.2, 0.25) is 0 Å². The lowest BCUT2D eigenvalue weighted by atomic mass is 10.1. The number of hydrogen-bond donors (Lipinski definition) is 1. The molecule has 2 heterocycles. The highest BCUT2D eigenvalue weighted by Crippen LogP contribution is 2.21. The molecule has 1 fully saturated rings. The second kappa shape index (κ2) is 7.99. The molecule has 0 saturated carbocycles. The molecule has 0 aliphatic carbocycles. The van der Waals surface area contributed by atoms with Gasteiger partial charge in [0.25, 0.3) is 0 Å². The van der Waals surface area contributed by atoms with Crippen molar-refractivity contribution in [1.82, 2.24) is 9.88 Å². The number of nitrogens with zero attached hydrogens (tertiary/aromatic N) is 2. The molecule has 0 unspecified atom stereocenters. The summed E-state index contributed by atoms with van der Waals surface area (Å²) in [6, 6.07) is -0.00606. The van der Waals surface area contributed by atoms with Crippen LogP contribution in [0.25, 0.3) is 0 Å². The normalized spacial score (nSPS) is 14.3. The Labute approximate surface area is 124 Å². The summed E-state index contributed by atoms with van der Waals surface area (Å²) in [6.07, 6.45) is 3.46. The fraction of sp³-hybridized carbons (Fsp3) is 0.643. The van der Waals surface area contributed by atoms with E-state index in [0.29, 0.717) is 5.13 Å². The van der Waals surface area contributed by atoms with Crippen molar-refractivity contribution in [1.29, 1.82) is 0 Å². The van der Waals surface area contributed by atoms with Crippen LogP contribution in [0.4, 0.5) is 9.93 Å². The third kappa shape index (κ3) is 5.69. The number of aryl methyl sites for hydroxylation is 2. The molecule has 1 N–H and O–H groups in total. The first-order chi connectivity index (χ1) is 9.40. The number of anilines is 1. The molecule has 1 aliphatic heterocycles. The number of urea groups is 1. The molecule has 1 aliphatic rings. The monoisotopic (exact) mass is 297 g/mol. The van der Waals surface area contributed by atoms with Crippen LogP contribution in [0.1, 0.15) is 43.7 Å². The minimum Gasteiger partial charge on any atom is -0.324 e. The van der Waals surface area contributed by atoms with Gasteiger partial charge >= 0.3 is 6.03 Å². The summed E-state index contributed by atoms with van der Waals surface area (Å²) >= 11 is 1.54. The molecule has 0 spiro atoms. The molecule has 0 atom stereocenters. The van der Waals surface area contributed by atoms with E-state index in [2.05, 4.69) is 10.3 Å². The van der Waals surface area contributed by atoms with Gasteiger partial charge in [-0.1, -0.05) is 0 Å². The van der Waals surface area contributed by atoms with E-state index in [0.717, 1.165) is 36.5 Å². The lowest BCUT2D eigenvalue weighted by Gasteiger charge is -2.26. The van der Waals surface area contributed by atoms with Gasteiger partial charge in [-0.3, -0.25) is 5.32 Å². The van der Waals surface area contributed by atoms with E-state index < -0.39 is 0 Å². The zero-order valence-corrected chi connectivity index (χ0v) is 13.5. The van der Waals surface area contributed by atoms with Crippen molar-refractivity contribution in [3.05, 3.63) is 10.6 Å². The van der Waals surface area contributed by atoms with Gasteiger partial charge in [0.15, 0.2) is 5.13 Å². The number of carbonyl (C=O) groups excluding carboxylic acids is 2. The summed E-state index contributed by atoms with van der Waals surface area (Å²) in [7, 11) is 0. The van der Waals surface area contributed by atoms with Gasteiger partial charge in [0.1, 0.15) is 5.78 Å². The van der Waals surface area contributed by atoms with E-state index in [1.54, 1.807) is 0 Å². The molecule has 6 heteroatoms. The first-order valence-corrected chi connectivity index (χ1v) is 7.69. The fourth-order valence-electron chi connectivity index (χ4n) is 1.79. The van der Waals surface area contributed by atoms with Crippen molar-refractivity contribution in [2.75, 3.05) is 18.4 Å². The highest BCUT2D eigenvalue weighted by atomic mass is 32.1. The van der Waals surface area contributed by atoms with Crippen molar-refractivity contribution in [3.8, 4) is 0 Å². The highest BCUT2D eigenvalue weighted by Gasteiger charge is 2.17. The molecule has 0 bridgehead atoms. The first kappa shape index (κ1) is 16.6. The molecule has 2 amide bonds. The van der Waals surface area contributed by atoms with Crippen molar-refractivity contribution in [2.24, 2.45) is 0 Å². The van der Waals surface area contributed by atoms with Crippen LogP contribution in [0.2, 0.25) is 0 Å². The Balaban J connectivity index is 0.000000444. The summed E-state index contributed by atoms with van der Waals surface area (Å²) in [5.41, 5.74) is 0.999. The number of aromatic nitrogens is 1. The molecule has 0 radical (unpaired) electrons. The quantitative estimate of drug-likeness (QED) is 0.864. The molecular formula is C14H23N3O2S. The lowest BCUT2D eigenvalue weighted by molar-refractivity contribution is -0.114. The van der Waals surface area contributed by atoms with Crippen LogP contribution >= 0.6 is 11.3 Å². The molecule has 5 nitrogen and oxygen atoms in total. The molecule has 1 saturated heterocycles. The fourth-order valence-corrected chi connectivity index (χ4v) is 2.60. The standard InChI is InChI=1S/C11H17N3OS.C3H6O/c1-8-9(2)16-10(12-8)13-11(15)14-6-4-3-5-7-14;1-3(2)4/h3-7H2,1-2H3,(H,12,13,15);1-2H3. The van der Waals surface area contributed by atoms with Crippen LogP contribution in [-0.2, 0) is 4.79 Å². The van der Waals surface area contributed by atoms with Crippen LogP contribution in [-0.4, -0.2) is 34.8 Å². The van der Waals surface area contributed by atoms with Crippen molar-refractivity contribution in [3.63, 3.8) is 0 Å². The molecule has 1 aromatic rings. The predicted molar refractivity (Wildman–Crippen MR) is 82.4 cm³/mol. The van der Waals surface area contributed by atoms with Crippen molar-refractivity contribution < 1.29 is 9.59 Å². The minimum atomic E-state index is -0.00606. The largest absolute Gasteiger partial charge is 0.324 e. The Hall–Kier alpha value is -1.43. The molecular weight excluding hydrogens is 274 g/mol. The summed E-state index contributed by atoms with van der Waals surface area (Å²) in [4.78, 5) is 28.7. The van der Waals surface area contributed by atoms with E-state index in [4.69, 9.17) is 0 Å². The van der Waals surface area contributed by atoms with Crippen molar-refractivity contribution in [2.45, 2.75) is 47.0 Å². The van der Waals surface area contributed by atoms with Crippen molar-refractivity contribution >= 4 is 28.3 Å². The average Bonchev–Trinajstić information content (AvgIpc) is 2.68. The Bertz CT molecular complexity index is 441. The number of amides is 2. The number of hydrogen-bond acceptors (Lipinski definition) is 4. The van der Waals surface area contributed by atoms with Gasteiger partial charge in [-0.25, -0.2) is 9.78 Å². The third-order valence-corrected chi connectivity index (χ3v) is 3.87. The summed E-state index contributed by atoms with van der Waals surface area (Å²) in [5, 5.41) is 3.58. The maximum absolute atomic E-state index is 11.9. The van der Waals surface area contributed by atoms with Gasteiger partial charge in [-0.2, -0.15) is 0 Å². The van der Waals surface area contributed by atoms with E-state index >= 15 is 0 Å². The highest BCUT2D eigenvalue weighted by molar-refractivity contribution is 7.15.